The molecule has 0 aromatic heterocycles. The van der Waals surface area contributed by atoms with Crippen LogP contribution in [0.15, 0.2) is 18.2 Å². The van der Waals surface area contributed by atoms with Crippen LogP contribution >= 0.6 is 0 Å². The molecule has 0 amide bonds. The smallest absolute Gasteiger partial charge is 0.211 e. The Kier molecular flexibility index (Phi) is 4.70. The summed E-state index contributed by atoms with van der Waals surface area (Å²) in [6.07, 6.45) is 1.69. The molecule has 6 nitrogen and oxygen atoms in total. The summed E-state index contributed by atoms with van der Waals surface area (Å²) in [5, 5.41) is 9.75. The van der Waals surface area contributed by atoms with Gasteiger partial charge in [0.2, 0.25) is 10.0 Å². The molecule has 1 aliphatic rings. The molecule has 0 fully saturated rings. The van der Waals surface area contributed by atoms with Gasteiger partial charge in [-0.15, -0.1) is 0 Å². The van der Waals surface area contributed by atoms with Gasteiger partial charge < -0.3 is 14.6 Å². The van der Waals surface area contributed by atoms with Crippen molar-refractivity contribution in [2.45, 2.75) is 31.9 Å². The van der Waals surface area contributed by atoms with Crippen molar-refractivity contribution in [3.05, 3.63) is 23.8 Å². The van der Waals surface area contributed by atoms with Gasteiger partial charge in [-0.2, -0.15) is 4.31 Å². The molecule has 1 atom stereocenters. The average Bonchev–Trinajstić information content (AvgIpc) is 2.37. The summed E-state index contributed by atoms with van der Waals surface area (Å²) in [6, 6.07) is 4.39. The van der Waals surface area contributed by atoms with Gasteiger partial charge in [0.05, 0.1) is 18.9 Å². The van der Waals surface area contributed by atoms with Crippen LogP contribution in [0.1, 0.15) is 31.9 Å². The normalized spacial score (nSPS) is 20.5. The van der Waals surface area contributed by atoms with Crippen LogP contribution in [0, 0.1) is 0 Å². The van der Waals surface area contributed by atoms with E-state index in [2.05, 4.69) is 0 Å². The number of benzene rings is 1. The van der Waals surface area contributed by atoms with E-state index < -0.39 is 21.7 Å². The fourth-order valence-electron chi connectivity index (χ4n) is 2.80. The van der Waals surface area contributed by atoms with E-state index in [1.807, 2.05) is 13.8 Å². The highest BCUT2D eigenvalue weighted by molar-refractivity contribution is 7.88. The van der Waals surface area contributed by atoms with E-state index in [0.29, 0.717) is 24.3 Å². The molecule has 124 valence electrons. The minimum Gasteiger partial charge on any atom is -0.508 e. The van der Waals surface area contributed by atoms with Crippen LogP contribution in [-0.4, -0.2) is 49.9 Å². The van der Waals surface area contributed by atoms with Crippen LogP contribution in [0.4, 0.5) is 0 Å². The summed E-state index contributed by atoms with van der Waals surface area (Å²) in [7, 11) is -1.89. The standard InChI is InChI=1S/C15H23NO5S/c1-15(2)10-13(16(7-8-20-3)22(4,18)19)12-9-11(17)5-6-14(12)21-15/h5-6,9,13,17H,7-8,10H2,1-4H3. The molecule has 0 saturated carbocycles. The lowest BCUT2D eigenvalue weighted by Crippen LogP contribution is -2.44. The SMILES string of the molecule is COCCN(C1CC(C)(C)Oc2ccc(O)cc21)S(C)(=O)=O. The molecule has 0 radical (unpaired) electrons. The van der Waals surface area contributed by atoms with Gasteiger partial charge in [-0.25, -0.2) is 8.42 Å². The van der Waals surface area contributed by atoms with E-state index in [0.717, 1.165) is 0 Å². The van der Waals surface area contributed by atoms with Gasteiger partial charge in [0.15, 0.2) is 0 Å². The molecule has 0 spiro atoms. The van der Waals surface area contributed by atoms with E-state index in [1.54, 1.807) is 12.1 Å². The first-order valence-corrected chi connectivity index (χ1v) is 8.96. The zero-order valence-electron chi connectivity index (χ0n) is 13.4. The minimum atomic E-state index is -3.43. The molecule has 1 heterocycles. The Morgan fingerprint density at radius 2 is 2.14 bits per heavy atom. The summed E-state index contributed by atoms with van der Waals surface area (Å²) in [5.41, 5.74) is 0.186. The Balaban J connectivity index is 2.49. The fraction of sp³-hybridized carbons (Fsp3) is 0.600. The largest absolute Gasteiger partial charge is 0.508 e. The Labute approximate surface area is 131 Å². The van der Waals surface area contributed by atoms with Crippen molar-refractivity contribution in [3.8, 4) is 11.5 Å². The predicted octanol–water partition coefficient (Wildman–Crippen LogP) is 1.90. The molecule has 0 saturated heterocycles. The van der Waals surface area contributed by atoms with E-state index in [-0.39, 0.29) is 12.3 Å². The lowest BCUT2D eigenvalue weighted by atomic mass is 9.89. The van der Waals surface area contributed by atoms with Gasteiger partial charge in [-0.1, -0.05) is 0 Å². The summed E-state index contributed by atoms with van der Waals surface area (Å²) >= 11 is 0. The van der Waals surface area contributed by atoms with Crippen LogP contribution in [0.5, 0.6) is 11.5 Å². The van der Waals surface area contributed by atoms with Crippen molar-refractivity contribution < 1.29 is 23.0 Å². The third-order valence-electron chi connectivity index (χ3n) is 3.71. The zero-order chi connectivity index (χ0) is 16.5. The Morgan fingerprint density at radius 3 is 2.73 bits per heavy atom. The first kappa shape index (κ1) is 17.1. The van der Waals surface area contributed by atoms with E-state index in [9.17, 15) is 13.5 Å². The van der Waals surface area contributed by atoms with Crippen molar-refractivity contribution >= 4 is 10.0 Å². The molecule has 1 aromatic rings. The van der Waals surface area contributed by atoms with Crippen molar-refractivity contribution in [2.24, 2.45) is 0 Å². The van der Waals surface area contributed by atoms with Crippen LogP contribution in [0.3, 0.4) is 0 Å². The molecule has 1 aromatic carbocycles. The fourth-order valence-corrected chi connectivity index (χ4v) is 3.85. The molecule has 1 aliphatic heterocycles. The Hall–Kier alpha value is -1.31. The lowest BCUT2D eigenvalue weighted by Gasteiger charge is -2.41. The van der Waals surface area contributed by atoms with Gasteiger partial charge in [0.25, 0.3) is 0 Å². The van der Waals surface area contributed by atoms with Gasteiger partial charge in [-0.3, -0.25) is 0 Å². The van der Waals surface area contributed by atoms with Crippen molar-refractivity contribution in [1.82, 2.24) is 4.31 Å². The number of hydrogen-bond donors (Lipinski definition) is 1. The first-order chi connectivity index (χ1) is 10.1. The lowest BCUT2D eigenvalue weighted by molar-refractivity contribution is 0.0456. The van der Waals surface area contributed by atoms with E-state index in [1.165, 1.54) is 23.7 Å². The third kappa shape index (κ3) is 3.71. The number of phenols is 1. The summed E-state index contributed by atoms with van der Waals surface area (Å²) in [5.74, 6) is 0.692. The number of sulfonamides is 1. The molecular weight excluding hydrogens is 306 g/mol. The predicted molar refractivity (Wildman–Crippen MR) is 83.6 cm³/mol. The minimum absolute atomic E-state index is 0.0900. The monoisotopic (exact) mass is 329 g/mol. The number of fused-ring (bicyclic) bond motifs is 1. The Bertz CT molecular complexity index is 641. The summed E-state index contributed by atoms with van der Waals surface area (Å²) in [6.45, 7) is 4.41. The van der Waals surface area contributed by atoms with Crippen molar-refractivity contribution in [3.63, 3.8) is 0 Å². The second-order valence-corrected chi connectivity index (χ2v) is 8.11. The molecular formula is C15H23NO5S. The molecule has 0 bridgehead atoms. The second-order valence-electron chi connectivity index (χ2n) is 6.17. The zero-order valence-corrected chi connectivity index (χ0v) is 14.2. The first-order valence-electron chi connectivity index (χ1n) is 7.12. The second kappa shape index (κ2) is 6.06. The van der Waals surface area contributed by atoms with Crippen LogP contribution in [0.2, 0.25) is 0 Å². The van der Waals surface area contributed by atoms with Gasteiger partial charge in [0.1, 0.15) is 17.1 Å². The third-order valence-corrected chi connectivity index (χ3v) is 5.00. The van der Waals surface area contributed by atoms with E-state index >= 15 is 0 Å². The quantitative estimate of drug-likeness (QED) is 0.893. The topological polar surface area (TPSA) is 76.1 Å². The average molecular weight is 329 g/mol. The maximum atomic E-state index is 12.2. The molecule has 7 heteroatoms. The van der Waals surface area contributed by atoms with Crippen molar-refractivity contribution in [1.29, 1.82) is 0 Å². The Morgan fingerprint density at radius 1 is 1.45 bits per heavy atom. The number of methoxy groups -OCH3 is 1. The number of aromatic hydroxyl groups is 1. The highest BCUT2D eigenvalue weighted by Crippen LogP contribution is 2.44. The maximum absolute atomic E-state index is 12.2. The van der Waals surface area contributed by atoms with E-state index in [4.69, 9.17) is 9.47 Å². The highest BCUT2D eigenvalue weighted by Gasteiger charge is 2.39. The highest BCUT2D eigenvalue weighted by atomic mass is 32.2. The summed E-state index contributed by atoms with van der Waals surface area (Å²) in [4.78, 5) is 0. The van der Waals surface area contributed by atoms with Gasteiger partial charge in [0, 0.05) is 25.6 Å². The number of hydrogen-bond acceptors (Lipinski definition) is 5. The summed E-state index contributed by atoms with van der Waals surface area (Å²) < 4.78 is 36.8. The maximum Gasteiger partial charge on any atom is 0.211 e. The molecule has 1 unspecified atom stereocenters. The van der Waals surface area contributed by atoms with Crippen molar-refractivity contribution in [2.75, 3.05) is 26.5 Å². The van der Waals surface area contributed by atoms with Crippen LogP contribution in [0.25, 0.3) is 0 Å². The number of phenolic OH excluding ortho intramolecular Hbond substituents is 1. The van der Waals surface area contributed by atoms with Gasteiger partial charge in [-0.05, 0) is 32.0 Å². The van der Waals surface area contributed by atoms with Crippen LogP contribution < -0.4 is 4.74 Å². The number of nitrogens with zero attached hydrogens (tertiary/aromatic N) is 1. The molecule has 1 N–H and O–H groups in total. The number of rotatable bonds is 5. The molecule has 0 aliphatic carbocycles. The molecule has 22 heavy (non-hydrogen) atoms. The molecule has 2 rings (SSSR count). The van der Waals surface area contributed by atoms with Gasteiger partial charge >= 0.3 is 0 Å². The van der Waals surface area contributed by atoms with Crippen LogP contribution in [-0.2, 0) is 14.8 Å². The number of ether oxygens (including phenoxy) is 2.